The van der Waals surface area contributed by atoms with Gasteiger partial charge in [0, 0.05) is 0 Å². The van der Waals surface area contributed by atoms with Crippen LogP contribution in [0.3, 0.4) is 0 Å². The molecule has 0 saturated carbocycles. The molecular weight excluding hydrogens is 394 g/mol. The van der Waals surface area contributed by atoms with Crippen molar-refractivity contribution in [3.8, 4) is 17.2 Å². The number of ether oxygens (including phenoxy) is 3. The minimum absolute atomic E-state index is 0.0949. The van der Waals surface area contributed by atoms with E-state index in [1.54, 1.807) is 18.2 Å². The maximum absolute atomic E-state index is 12.9. The molecule has 2 aromatic rings. The highest BCUT2D eigenvalue weighted by Gasteiger charge is 2.38. The van der Waals surface area contributed by atoms with Crippen LogP contribution in [0, 0.1) is 13.8 Å². The first-order valence-electron chi connectivity index (χ1n) is 9.05. The number of methoxy groups -OCH3 is 2. The quantitative estimate of drug-likeness (QED) is 0.645. The Morgan fingerprint density at radius 1 is 0.897 bits per heavy atom. The van der Waals surface area contributed by atoms with E-state index in [4.69, 9.17) is 25.8 Å². The third kappa shape index (κ3) is 4.22. The van der Waals surface area contributed by atoms with Crippen molar-refractivity contribution in [1.82, 2.24) is 4.90 Å². The summed E-state index contributed by atoms with van der Waals surface area (Å²) < 4.78 is 16.2. The summed E-state index contributed by atoms with van der Waals surface area (Å²) in [5.41, 5.74) is 2.79. The molecule has 0 aromatic heterocycles. The average Bonchev–Trinajstić information content (AvgIpc) is 2.90. The van der Waals surface area contributed by atoms with Crippen LogP contribution in [0.1, 0.15) is 16.7 Å². The van der Waals surface area contributed by atoms with E-state index >= 15 is 0 Å². The first-order chi connectivity index (χ1) is 13.8. The number of hydrogen-bond donors (Lipinski definition) is 0. The number of rotatable bonds is 7. The summed E-state index contributed by atoms with van der Waals surface area (Å²) in [4.78, 5) is 26.5. The topological polar surface area (TPSA) is 65.1 Å². The first kappa shape index (κ1) is 20.7. The third-order valence-electron chi connectivity index (χ3n) is 4.56. The van der Waals surface area contributed by atoms with Crippen LogP contribution in [-0.4, -0.2) is 44.1 Å². The van der Waals surface area contributed by atoms with Crippen LogP contribution in [0.4, 0.5) is 0 Å². The van der Waals surface area contributed by atoms with E-state index in [-0.39, 0.29) is 23.8 Å². The predicted molar refractivity (Wildman–Crippen MR) is 110 cm³/mol. The molecule has 0 spiro atoms. The van der Waals surface area contributed by atoms with E-state index in [0.717, 1.165) is 16.0 Å². The van der Waals surface area contributed by atoms with E-state index in [0.29, 0.717) is 22.8 Å². The highest BCUT2D eigenvalue weighted by molar-refractivity contribution is 6.55. The second-order valence-corrected chi connectivity index (χ2v) is 7.07. The Labute approximate surface area is 174 Å². The molecule has 1 aliphatic heterocycles. The fourth-order valence-corrected chi connectivity index (χ4v) is 3.55. The molecule has 7 heteroatoms. The molecule has 1 heterocycles. The molecular formula is C22H22ClNO5. The van der Waals surface area contributed by atoms with Crippen LogP contribution in [0.15, 0.2) is 41.4 Å². The zero-order valence-electron chi connectivity index (χ0n) is 16.7. The maximum atomic E-state index is 12.9. The highest BCUT2D eigenvalue weighted by Crippen LogP contribution is 2.36. The monoisotopic (exact) mass is 415 g/mol. The van der Waals surface area contributed by atoms with Crippen LogP contribution < -0.4 is 14.2 Å². The van der Waals surface area contributed by atoms with Crippen molar-refractivity contribution >= 4 is 29.0 Å². The number of halogens is 1. The van der Waals surface area contributed by atoms with Crippen LogP contribution in [0.5, 0.6) is 17.2 Å². The Hall–Kier alpha value is -2.99. The summed E-state index contributed by atoms with van der Waals surface area (Å²) in [6.07, 6.45) is 0. The largest absolute Gasteiger partial charge is 0.493 e. The van der Waals surface area contributed by atoms with Gasteiger partial charge < -0.3 is 14.2 Å². The zero-order valence-corrected chi connectivity index (χ0v) is 17.5. The predicted octanol–water partition coefficient (Wildman–Crippen LogP) is 3.72. The summed E-state index contributed by atoms with van der Waals surface area (Å²) in [6, 6.07) is 10.8. The molecule has 2 aromatic carbocycles. The fraction of sp³-hybridized carbons (Fsp3) is 0.273. The highest BCUT2D eigenvalue weighted by atomic mass is 35.5. The lowest BCUT2D eigenvalue weighted by molar-refractivity contribution is -0.137. The maximum Gasteiger partial charge on any atom is 0.273 e. The molecule has 0 saturated heterocycles. The minimum atomic E-state index is -0.537. The van der Waals surface area contributed by atoms with Gasteiger partial charge in [-0.15, -0.1) is 0 Å². The molecule has 0 unspecified atom stereocenters. The summed E-state index contributed by atoms with van der Waals surface area (Å²) in [7, 11) is 3.02. The van der Waals surface area contributed by atoms with Gasteiger partial charge in [0.15, 0.2) is 11.5 Å². The Kier molecular flexibility index (Phi) is 6.13. The standard InChI is InChI=1S/C22H22ClNO5/c1-13-9-14(2)11-16(10-13)29-8-7-24-21(25)19(20(23)22(24)26)15-5-6-17(27-3)18(12-15)28-4/h5-6,9-12H,7-8H2,1-4H3. The van der Waals surface area contributed by atoms with Gasteiger partial charge in [0.25, 0.3) is 11.8 Å². The number of hydrogen-bond acceptors (Lipinski definition) is 5. The van der Waals surface area contributed by atoms with Gasteiger partial charge >= 0.3 is 0 Å². The van der Waals surface area contributed by atoms with E-state index in [2.05, 4.69) is 0 Å². The lowest BCUT2D eigenvalue weighted by Crippen LogP contribution is -2.35. The Morgan fingerprint density at radius 2 is 1.55 bits per heavy atom. The number of carbonyl (C=O) groups is 2. The van der Waals surface area contributed by atoms with Crippen LogP contribution in [0.2, 0.25) is 0 Å². The van der Waals surface area contributed by atoms with Crippen LogP contribution in [0.25, 0.3) is 5.57 Å². The molecule has 3 rings (SSSR count). The normalized spacial score (nSPS) is 13.9. The van der Waals surface area contributed by atoms with Crippen molar-refractivity contribution in [2.45, 2.75) is 13.8 Å². The van der Waals surface area contributed by atoms with Crippen LogP contribution in [-0.2, 0) is 9.59 Å². The molecule has 152 valence electrons. The van der Waals surface area contributed by atoms with Gasteiger partial charge in [0.05, 0.1) is 26.3 Å². The van der Waals surface area contributed by atoms with Crippen molar-refractivity contribution in [2.75, 3.05) is 27.4 Å². The van der Waals surface area contributed by atoms with Crippen molar-refractivity contribution in [2.24, 2.45) is 0 Å². The molecule has 1 aliphatic rings. The number of carbonyl (C=O) groups excluding carboxylic acids is 2. The van der Waals surface area contributed by atoms with Gasteiger partial charge in [-0.25, -0.2) is 0 Å². The van der Waals surface area contributed by atoms with E-state index in [1.165, 1.54) is 14.2 Å². The van der Waals surface area contributed by atoms with Crippen molar-refractivity contribution < 1.29 is 23.8 Å². The number of aryl methyl sites for hydroxylation is 2. The molecule has 29 heavy (non-hydrogen) atoms. The smallest absolute Gasteiger partial charge is 0.273 e. The Morgan fingerprint density at radius 3 is 2.17 bits per heavy atom. The summed E-state index contributed by atoms with van der Waals surface area (Å²) in [5, 5.41) is -0.117. The average molecular weight is 416 g/mol. The minimum Gasteiger partial charge on any atom is -0.493 e. The molecule has 2 amide bonds. The van der Waals surface area contributed by atoms with Crippen molar-refractivity contribution in [3.63, 3.8) is 0 Å². The number of amides is 2. The molecule has 0 atom stereocenters. The first-order valence-corrected chi connectivity index (χ1v) is 9.43. The molecule has 0 aliphatic carbocycles. The van der Waals surface area contributed by atoms with Crippen LogP contribution >= 0.6 is 11.6 Å². The zero-order chi connectivity index (χ0) is 21.1. The fourth-order valence-electron chi connectivity index (χ4n) is 3.26. The molecule has 0 N–H and O–H groups in total. The van der Waals surface area contributed by atoms with Gasteiger partial charge in [-0.2, -0.15) is 0 Å². The summed E-state index contributed by atoms with van der Waals surface area (Å²) in [6.45, 7) is 4.22. The third-order valence-corrected chi connectivity index (χ3v) is 4.91. The van der Waals surface area contributed by atoms with Gasteiger partial charge in [-0.1, -0.05) is 23.7 Å². The van der Waals surface area contributed by atoms with E-state index in [1.807, 2.05) is 32.0 Å². The van der Waals surface area contributed by atoms with Crippen molar-refractivity contribution in [3.05, 3.63) is 58.1 Å². The number of benzene rings is 2. The second-order valence-electron chi connectivity index (χ2n) is 6.69. The number of nitrogens with zero attached hydrogens (tertiary/aromatic N) is 1. The molecule has 0 fully saturated rings. The second kappa shape index (κ2) is 8.57. The molecule has 0 radical (unpaired) electrons. The van der Waals surface area contributed by atoms with Gasteiger partial charge in [-0.3, -0.25) is 14.5 Å². The molecule has 6 nitrogen and oxygen atoms in total. The lowest BCUT2D eigenvalue weighted by atomic mass is 10.1. The number of imide groups is 1. The molecule has 0 bridgehead atoms. The van der Waals surface area contributed by atoms with Crippen molar-refractivity contribution in [1.29, 1.82) is 0 Å². The Balaban J connectivity index is 1.74. The van der Waals surface area contributed by atoms with Gasteiger partial charge in [-0.05, 0) is 54.8 Å². The SMILES string of the molecule is COc1ccc(C2=C(Cl)C(=O)N(CCOc3cc(C)cc(C)c3)C2=O)cc1OC. The summed E-state index contributed by atoms with van der Waals surface area (Å²) >= 11 is 6.21. The lowest BCUT2D eigenvalue weighted by Gasteiger charge is -2.16. The van der Waals surface area contributed by atoms with Gasteiger partial charge in [0.2, 0.25) is 0 Å². The summed E-state index contributed by atoms with van der Waals surface area (Å²) in [5.74, 6) is 0.657. The Bertz CT molecular complexity index is 978. The van der Waals surface area contributed by atoms with Gasteiger partial charge in [0.1, 0.15) is 17.4 Å². The van der Waals surface area contributed by atoms with E-state index < -0.39 is 11.8 Å². The van der Waals surface area contributed by atoms with E-state index in [9.17, 15) is 9.59 Å².